The second kappa shape index (κ2) is 15.2. The Morgan fingerprint density at radius 3 is 1.28 bits per heavy atom. The highest BCUT2D eigenvalue weighted by Gasteiger charge is 1.79. The predicted molar refractivity (Wildman–Crippen MR) is 79.4 cm³/mol. The van der Waals surface area contributed by atoms with Crippen molar-refractivity contribution in [3.05, 3.63) is 0 Å². The number of hydrogen-bond acceptors (Lipinski definition) is 0. The van der Waals surface area contributed by atoms with Gasteiger partial charge < -0.3 is 0 Å². The van der Waals surface area contributed by atoms with Gasteiger partial charge in [-0.2, -0.15) is 0 Å². The van der Waals surface area contributed by atoms with Gasteiger partial charge in [-0.1, -0.05) is 51.4 Å². The Hall–Kier alpha value is -1.76. The van der Waals surface area contributed by atoms with Gasteiger partial charge in [0.05, 0.1) is 0 Å². The highest BCUT2D eigenvalue weighted by atomic mass is 13.8. The molecule has 0 aliphatic carbocycles. The Bertz CT molecular complexity index is 379. The highest BCUT2D eigenvalue weighted by Crippen LogP contribution is 1.96. The van der Waals surface area contributed by atoms with Crippen molar-refractivity contribution >= 4 is 0 Å². The van der Waals surface area contributed by atoms with Gasteiger partial charge in [0.1, 0.15) is 0 Å². The fraction of sp³-hybridized carbons (Fsp3) is 0.556. The molecule has 94 valence electrons. The maximum atomic E-state index is 3.02. The summed E-state index contributed by atoms with van der Waals surface area (Å²) < 4.78 is 0. The van der Waals surface area contributed by atoms with Crippen LogP contribution in [-0.4, -0.2) is 0 Å². The minimum absolute atomic E-state index is 0.938. The zero-order valence-corrected chi connectivity index (χ0v) is 11.7. The zero-order valence-electron chi connectivity index (χ0n) is 11.7. The van der Waals surface area contributed by atoms with Crippen LogP contribution in [0, 0.1) is 47.4 Å². The van der Waals surface area contributed by atoms with Crippen LogP contribution in [0.1, 0.15) is 65.2 Å². The topological polar surface area (TPSA) is 0 Å². The van der Waals surface area contributed by atoms with E-state index in [0.717, 1.165) is 12.8 Å². The summed E-state index contributed by atoms with van der Waals surface area (Å²) in [4.78, 5) is 0. The van der Waals surface area contributed by atoms with Gasteiger partial charge in [-0.3, -0.25) is 0 Å². The summed E-state index contributed by atoms with van der Waals surface area (Å²) >= 11 is 0. The van der Waals surface area contributed by atoms with Gasteiger partial charge in [-0.05, 0) is 48.4 Å². The van der Waals surface area contributed by atoms with Gasteiger partial charge >= 0.3 is 0 Å². The Morgan fingerprint density at radius 1 is 0.500 bits per heavy atom. The summed E-state index contributed by atoms with van der Waals surface area (Å²) in [5, 5.41) is 0. The van der Waals surface area contributed by atoms with E-state index in [0.29, 0.717) is 0 Å². The quantitative estimate of drug-likeness (QED) is 0.481. The third-order valence-electron chi connectivity index (χ3n) is 2.30. The number of rotatable bonds is 6. The summed E-state index contributed by atoms with van der Waals surface area (Å²) in [5.74, 6) is 22.5. The fourth-order valence-electron chi connectivity index (χ4n) is 1.27. The number of unbranched alkanes of at least 4 members (excludes halogenated alkanes) is 6. The molecule has 0 saturated heterocycles. The first-order valence-electron chi connectivity index (χ1n) is 6.87. The lowest BCUT2D eigenvalue weighted by Gasteiger charge is -1.86. The maximum Gasteiger partial charge on any atom is 0.00989 e. The van der Waals surface area contributed by atoms with Crippen LogP contribution in [0.5, 0.6) is 0 Å². The van der Waals surface area contributed by atoms with Crippen molar-refractivity contribution in [2.24, 2.45) is 0 Å². The molecule has 0 N–H and O–H groups in total. The van der Waals surface area contributed by atoms with E-state index in [1.54, 1.807) is 0 Å². The van der Waals surface area contributed by atoms with Crippen molar-refractivity contribution in [2.75, 3.05) is 0 Å². The molecule has 0 heterocycles. The molecule has 0 rings (SSSR count). The summed E-state index contributed by atoms with van der Waals surface area (Å²) in [5.41, 5.74) is 0. The van der Waals surface area contributed by atoms with Crippen LogP contribution in [0.25, 0.3) is 0 Å². The van der Waals surface area contributed by atoms with Gasteiger partial charge in [0, 0.05) is 12.8 Å². The molecule has 0 atom stereocenters. The van der Waals surface area contributed by atoms with Crippen molar-refractivity contribution < 1.29 is 0 Å². The molecule has 0 aromatic heterocycles. The minimum Gasteiger partial charge on any atom is -0.0891 e. The van der Waals surface area contributed by atoms with Crippen LogP contribution in [0.4, 0.5) is 0 Å². The van der Waals surface area contributed by atoms with Gasteiger partial charge in [-0.25, -0.2) is 0 Å². The molecule has 0 amide bonds. The molecule has 0 saturated carbocycles. The molecule has 0 fully saturated rings. The van der Waals surface area contributed by atoms with Gasteiger partial charge in [0.25, 0.3) is 0 Å². The molecule has 18 heavy (non-hydrogen) atoms. The lowest BCUT2D eigenvalue weighted by molar-refractivity contribution is 0.737. The van der Waals surface area contributed by atoms with Crippen LogP contribution in [0.2, 0.25) is 0 Å². The summed E-state index contributed by atoms with van der Waals surface area (Å²) in [6, 6.07) is 0. The molecule has 0 radical (unpaired) electrons. The number of hydrogen-bond donors (Lipinski definition) is 0. The second-order valence-corrected chi connectivity index (χ2v) is 4.02. The average Bonchev–Trinajstić information content (AvgIpc) is 2.39. The molecular weight excluding hydrogens is 216 g/mol. The largest absolute Gasteiger partial charge is 0.0891 e. The molecule has 0 heteroatoms. The molecule has 0 bridgehead atoms. The molecule has 0 spiro atoms. The molecule has 0 aliphatic heterocycles. The summed E-state index contributed by atoms with van der Waals surface area (Å²) in [6.07, 6.45) is 9.16. The van der Waals surface area contributed by atoms with E-state index >= 15 is 0 Å². The molecule has 0 unspecified atom stereocenters. The summed E-state index contributed by atoms with van der Waals surface area (Å²) in [6.45, 7) is 4.37. The van der Waals surface area contributed by atoms with Crippen LogP contribution in [-0.2, 0) is 0 Å². The molecule has 0 aliphatic rings. The van der Waals surface area contributed by atoms with E-state index in [1.165, 1.54) is 38.5 Å². The lowest BCUT2D eigenvalue weighted by atomic mass is 10.2. The van der Waals surface area contributed by atoms with Crippen molar-refractivity contribution in [1.82, 2.24) is 0 Å². The highest BCUT2D eigenvalue weighted by molar-refractivity contribution is 5.39. The third kappa shape index (κ3) is 14.2. The summed E-state index contributed by atoms with van der Waals surface area (Å²) in [7, 11) is 0. The predicted octanol–water partition coefficient (Wildman–Crippen LogP) is 4.16. The van der Waals surface area contributed by atoms with Crippen molar-refractivity contribution in [3.8, 4) is 47.4 Å². The van der Waals surface area contributed by atoms with E-state index in [2.05, 4.69) is 61.2 Å². The van der Waals surface area contributed by atoms with Crippen LogP contribution in [0.15, 0.2) is 0 Å². The normalized spacial score (nSPS) is 7.44. The van der Waals surface area contributed by atoms with Gasteiger partial charge in [0.2, 0.25) is 0 Å². The standard InChI is InChI=1S/C18H22/c1-3-5-7-9-11-13-15-17-18-16-14-12-10-8-6-4-2/h3-10H2,1-2H3. The minimum atomic E-state index is 0.938. The second-order valence-electron chi connectivity index (χ2n) is 4.02. The zero-order chi connectivity index (χ0) is 13.3. The van der Waals surface area contributed by atoms with Gasteiger partial charge in [0.15, 0.2) is 0 Å². The SMILES string of the molecule is CCCCCC#CC#CC#CC#CCCCCC. The first-order chi connectivity index (χ1) is 8.91. The monoisotopic (exact) mass is 238 g/mol. The molecule has 0 aromatic carbocycles. The van der Waals surface area contributed by atoms with Crippen molar-refractivity contribution in [2.45, 2.75) is 65.2 Å². The maximum absolute atomic E-state index is 3.02. The van der Waals surface area contributed by atoms with E-state index < -0.39 is 0 Å². The van der Waals surface area contributed by atoms with Crippen molar-refractivity contribution in [1.29, 1.82) is 0 Å². The van der Waals surface area contributed by atoms with Crippen LogP contribution in [0.3, 0.4) is 0 Å². The average molecular weight is 238 g/mol. The van der Waals surface area contributed by atoms with E-state index in [9.17, 15) is 0 Å². The third-order valence-corrected chi connectivity index (χ3v) is 2.30. The molecule has 0 nitrogen and oxygen atoms in total. The molecular formula is C18H22. The Labute approximate surface area is 113 Å². The Kier molecular flexibility index (Phi) is 13.7. The van der Waals surface area contributed by atoms with Crippen LogP contribution >= 0.6 is 0 Å². The van der Waals surface area contributed by atoms with Gasteiger partial charge in [-0.15, -0.1) is 0 Å². The van der Waals surface area contributed by atoms with E-state index in [1.807, 2.05) is 0 Å². The Balaban J connectivity index is 3.69. The fourth-order valence-corrected chi connectivity index (χ4v) is 1.27. The first-order valence-corrected chi connectivity index (χ1v) is 6.87. The molecule has 0 aromatic rings. The lowest BCUT2D eigenvalue weighted by Crippen LogP contribution is -1.70. The Morgan fingerprint density at radius 2 is 0.889 bits per heavy atom. The van der Waals surface area contributed by atoms with E-state index in [-0.39, 0.29) is 0 Å². The van der Waals surface area contributed by atoms with Crippen LogP contribution < -0.4 is 0 Å². The van der Waals surface area contributed by atoms with Crippen molar-refractivity contribution in [3.63, 3.8) is 0 Å². The smallest absolute Gasteiger partial charge is 0.00989 e. The first kappa shape index (κ1) is 16.2. The van der Waals surface area contributed by atoms with E-state index in [4.69, 9.17) is 0 Å².